The molecule has 5 nitrogen and oxygen atoms in total. The summed E-state index contributed by atoms with van der Waals surface area (Å²) < 4.78 is 0.951. The molecule has 2 aromatic rings. The first-order chi connectivity index (χ1) is 10.6. The molecule has 1 fully saturated rings. The SMILES string of the molecule is O=C(Nc1ccccn1)[C@H]1CC(=O)N(c2ccc(Br)cc2)C1. The van der Waals surface area contributed by atoms with Gasteiger partial charge in [-0.1, -0.05) is 22.0 Å². The third-order valence-electron chi connectivity index (χ3n) is 3.55. The van der Waals surface area contributed by atoms with Gasteiger partial charge in [0.15, 0.2) is 0 Å². The van der Waals surface area contributed by atoms with E-state index in [1.807, 2.05) is 24.3 Å². The molecule has 2 heterocycles. The van der Waals surface area contributed by atoms with E-state index in [-0.39, 0.29) is 24.2 Å². The minimum atomic E-state index is -0.363. The zero-order valence-electron chi connectivity index (χ0n) is 11.7. The summed E-state index contributed by atoms with van der Waals surface area (Å²) in [6, 6.07) is 12.8. The van der Waals surface area contributed by atoms with Crippen LogP contribution in [0.4, 0.5) is 11.5 Å². The number of halogens is 1. The second kappa shape index (κ2) is 6.27. The van der Waals surface area contributed by atoms with Crippen molar-refractivity contribution in [2.75, 3.05) is 16.8 Å². The number of carbonyl (C=O) groups is 2. The van der Waals surface area contributed by atoms with Gasteiger partial charge in [0.2, 0.25) is 11.8 Å². The fourth-order valence-electron chi connectivity index (χ4n) is 2.42. The van der Waals surface area contributed by atoms with Gasteiger partial charge < -0.3 is 10.2 Å². The second-order valence-corrected chi connectivity index (χ2v) is 6.00. The lowest BCUT2D eigenvalue weighted by atomic mass is 10.1. The lowest BCUT2D eigenvalue weighted by Crippen LogP contribution is -2.28. The van der Waals surface area contributed by atoms with Crippen LogP contribution < -0.4 is 10.2 Å². The molecule has 1 aliphatic heterocycles. The summed E-state index contributed by atoms with van der Waals surface area (Å²) in [6.45, 7) is 0.388. The van der Waals surface area contributed by atoms with Gasteiger partial charge in [0.05, 0.1) is 5.92 Å². The van der Waals surface area contributed by atoms with Crippen LogP contribution in [0.15, 0.2) is 53.1 Å². The van der Waals surface area contributed by atoms with Gasteiger partial charge in [0.1, 0.15) is 5.82 Å². The quantitative estimate of drug-likeness (QED) is 0.916. The first kappa shape index (κ1) is 14.7. The number of amides is 2. The van der Waals surface area contributed by atoms with Crippen molar-refractivity contribution in [1.29, 1.82) is 0 Å². The van der Waals surface area contributed by atoms with E-state index >= 15 is 0 Å². The van der Waals surface area contributed by atoms with E-state index in [1.54, 1.807) is 29.3 Å². The van der Waals surface area contributed by atoms with Crippen molar-refractivity contribution in [2.24, 2.45) is 5.92 Å². The van der Waals surface area contributed by atoms with Crippen LogP contribution in [0, 0.1) is 5.92 Å². The Morgan fingerprint density at radius 1 is 1.23 bits per heavy atom. The third-order valence-corrected chi connectivity index (χ3v) is 4.08. The molecule has 3 rings (SSSR count). The van der Waals surface area contributed by atoms with Crippen molar-refractivity contribution >= 4 is 39.2 Å². The highest BCUT2D eigenvalue weighted by Gasteiger charge is 2.35. The molecule has 22 heavy (non-hydrogen) atoms. The molecule has 1 saturated heterocycles. The summed E-state index contributed by atoms with van der Waals surface area (Å²) >= 11 is 3.37. The zero-order valence-corrected chi connectivity index (χ0v) is 13.3. The van der Waals surface area contributed by atoms with Gasteiger partial charge in [-0.25, -0.2) is 4.98 Å². The number of hydrogen-bond acceptors (Lipinski definition) is 3. The number of nitrogens with zero attached hydrogens (tertiary/aromatic N) is 2. The van der Waals surface area contributed by atoms with Gasteiger partial charge in [0.25, 0.3) is 0 Å². The number of nitrogens with one attached hydrogen (secondary N) is 1. The van der Waals surface area contributed by atoms with Crippen LogP contribution >= 0.6 is 15.9 Å². The topological polar surface area (TPSA) is 62.3 Å². The average Bonchev–Trinajstić information content (AvgIpc) is 2.91. The predicted octanol–water partition coefficient (Wildman–Crippen LogP) is 2.84. The number of pyridine rings is 1. The summed E-state index contributed by atoms with van der Waals surface area (Å²) in [4.78, 5) is 30.1. The summed E-state index contributed by atoms with van der Waals surface area (Å²) in [7, 11) is 0. The highest BCUT2D eigenvalue weighted by molar-refractivity contribution is 9.10. The number of benzene rings is 1. The Bertz CT molecular complexity index is 688. The monoisotopic (exact) mass is 359 g/mol. The van der Waals surface area contributed by atoms with E-state index in [1.165, 1.54) is 0 Å². The summed E-state index contributed by atoms with van der Waals surface area (Å²) in [5, 5.41) is 2.75. The van der Waals surface area contributed by atoms with Crippen LogP contribution in [0.3, 0.4) is 0 Å². The first-order valence-electron chi connectivity index (χ1n) is 6.91. The van der Waals surface area contributed by atoms with Gasteiger partial charge in [-0.05, 0) is 36.4 Å². The number of aromatic nitrogens is 1. The molecule has 1 aliphatic rings. The normalized spacial score (nSPS) is 17.6. The van der Waals surface area contributed by atoms with Gasteiger partial charge in [0, 0.05) is 29.3 Å². The Morgan fingerprint density at radius 2 is 2.00 bits per heavy atom. The van der Waals surface area contributed by atoms with Crippen molar-refractivity contribution in [3.63, 3.8) is 0 Å². The molecule has 0 unspecified atom stereocenters. The van der Waals surface area contributed by atoms with Crippen molar-refractivity contribution in [3.05, 3.63) is 53.1 Å². The number of carbonyl (C=O) groups excluding carboxylic acids is 2. The maximum absolute atomic E-state index is 12.3. The zero-order chi connectivity index (χ0) is 15.5. The second-order valence-electron chi connectivity index (χ2n) is 5.09. The van der Waals surface area contributed by atoms with Gasteiger partial charge in [-0.2, -0.15) is 0 Å². The van der Waals surface area contributed by atoms with Crippen LogP contribution in [-0.4, -0.2) is 23.3 Å². The van der Waals surface area contributed by atoms with Crippen molar-refractivity contribution in [3.8, 4) is 0 Å². The standard InChI is InChI=1S/C16H14BrN3O2/c17-12-4-6-13(7-5-12)20-10-11(9-15(20)21)16(22)19-14-3-1-2-8-18-14/h1-8,11H,9-10H2,(H,18,19,22)/t11-/m0/s1. The van der Waals surface area contributed by atoms with E-state index < -0.39 is 0 Å². The number of anilines is 2. The van der Waals surface area contributed by atoms with E-state index in [0.717, 1.165) is 10.2 Å². The Hall–Kier alpha value is -2.21. The fourth-order valence-corrected chi connectivity index (χ4v) is 2.68. The van der Waals surface area contributed by atoms with Crippen LogP contribution in [-0.2, 0) is 9.59 Å². The Kier molecular flexibility index (Phi) is 4.20. The van der Waals surface area contributed by atoms with Gasteiger partial charge in [-0.3, -0.25) is 9.59 Å². The molecular formula is C16H14BrN3O2. The minimum Gasteiger partial charge on any atom is -0.312 e. The van der Waals surface area contributed by atoms with Crippen molar-refractivity contribution in [1.82, 2.24) is 4.98 Å². The number of rotatable bonds is 3. The maximum Gasteiger partial charge on any atom is 0.230 e. The number of hydrogen-bond donors (Lipinski definition) is 1. The minimum absolute atomic E-state index is 0.0384. The Labute approximate surface area is 136 Å². The summed E-state index contributed by atoms with van der Waals surface area (Å²) in [6.07, 6.45) is 1.83. The van der Waals surface area contributed by atoms with E-state index in [9.17, 15) is 9.59 Å². The van der Waals surface area contributed by atoms with Crippen LogP contribution in [0.1, 0.15) is 6.42 Å². The molecular weight excluding hydrogens is 346 g/mol. The molecule has 0 saturated carbocycles. The summed E-state index contributed by atoms with van der Waals surface area (Å²) in [5.41, 5.74) is 0.807. The lowest BCUT2D eigenvalue weighted by Gasteiger charge is -2.16. The average molecular weight is 360 g/mol. The maximum atomic E-state index is 12.3. The molecule has 1 aromatic carbocycles. The molecule has 2 amide bonds. The third kappa shape index (κ3) is 3.17. The molecule has 0 radical (unpaired) electrons. The molecule has 6 heteroatoms. The largest absolute Gasteiger partial charge is 0.312 e. The highest BCUT2D eigenvalue weighted by Crippen LogP contribution is 2.27. The predicted molar refractivity (Wildman–Crippen MR) is 87.5 cm³/mol. The fraction of sp³-hybridized carbons (Fsp3) is 0.188. The van der Waals surface area contributed by atoms with Crippen molar-refractivity contribution < 1.29 is 9.59 Å². The molecule has 0 aliphatic carbocycles. The van der Waals surface area contributed by atoms with E-state index in [0.29, 0.717) is 12.4 Å². The molecule has 1 N–H and O–H groups in total. The Morgan fingerprint density at radius 3 is 2.68 bits per heavy atom. The molecule has 0 spiro atoms. The van der Waals surface area contributed by atoms with Crippen LogP contribution in [0.25, 0.3) is 0 Å². The first-order valence-corrected chi connectivity index (χ1v) is 7.70. The van der Waals surface area contributed by atoms with E-state index in [4.69, 9.17) is 0 Å². The molecule has 1 aromatic heterocycles. The smallest absolute Gasteiger partial charge is 0.230 e. The Balaban J connectivity index is 1.69. The van der Waals surface area contributed by atoms with Crippen LogP contribution in [0.5, 0.6) is 0 Å². The summed E-state index contributed by atoms with van der Waals surface area (Å²) in [5.74, 6) is -0.0738. The van der Waals surface area contributed by atoms with Crippen molar-refractivity contribution in [2.45, 2.75) is 6.42 Å². The lowest BCUT2D eigenvalue weighted by molar-refractivity contribution is -0.122. The van der Waals surface area contributed by atoms with E-state index in [2.05, 4.69) is 26.2 Å². The van der Waals surface area contributed by atoms with Crippen LogP contribution in [0.2, 0.25) is 0 Å². The highest BCUT2D eigenvalue weighted by atomic mass is 79.9. The molecule has 1 atom stereocenters. The molecule has 112 valence electrons. The van der Waals surface area contributed by atoms with Gasteiger partial charge >= 0.3 is 0 Å². The molecule has 0 bridgehead atoms. The van der Waals surface area contributed by atoms with Gasteiger partial charge in [-0.15, -0.1) is 0 Å².